The lowest BCUT2D eigenvalue weighted by Crippen LogP contribution is -2.34. The molecule has 0 saturated carbocycles. The molecule has 0 bridgehead atoms. The van der Waals surface area contributed by atoms with Crippen molar-refractivity contribution in [1.82, 2.24) is 0 Å². The molecule has 0 radical (unpaired) electrons. The van der Waals surface area contributed by atoms with E-state index in [1.54, 1.807) is 0 Å². The number of fused-ring (bicyclic) bond motifs is 1. The third-order valence-corrected chi connectivity index (χ3v) is 5.94. The average Bonchev–Trinajstić information content (AvgIpc) is 2.67. The zero-order valence-corrected chi connectivity index (χ0v) is 17.7. The Balaban J connectivity index is 1.95. The molecule has 3 nitrogen and oxygen atoms in total. The minimum atomic E-state index is -0.716. The summed E-state index contributed by atoms with van der Waals surface area (Å²) in [7, 11) is 0. The second-order valence-electron chi connectivity index (χ2n) is 9.00. The Hall–Kier alpha value is -2.13. The smallest absolute Gasteiger partial charge is 0.339 e. The monoisotopic (exact) mass is 380 g/mol. The van der Waals surface area contributed by atoms with Gasteiger partial charge in [0.2, 0.25) is 0 Å². The Morgan fingerprint density at radius 3 is 2.25 bits per heavy atom. The van der Waals surface area contributed by atoms with Crippen LogP contribution in [-0.4, -0.2) is 12.6 Å². The highest BCUT2D eigenvalue weighted by atomic mass is 16.6. The van der Waals surface area contributed by atoms with E-state index >= 15 is 0 Å². The van der Waals surface area contributed by atoms with E-state index in [0.29, 0.717) is 13.2 Å². The third kappa shape index (κ3) is 4.30. The molecule has 0 heterocycles. The van der Waals surface area contributed by atoms with E-state index in [9.17, 15) is 4.79 Å². The van der Waals surface area contributed by atoms with Gasteiger partial charge in [-0.3, -0.25) is 0 Å². The zero-order chi connectivity index (χ0) is 20.4. The minimum absolute atomic E-state index is 0.0828. The first-order chi connectivity index (χ1) is 13.2. The summed E-state index contributed by atoms with van der Waals surface area (Å²) in [4.78, 5) is 12.7. The number of rotatable bonds is 6. The summed E-state index contributed by atoms with van der Waals surface area (Å²) >= 11 is 0. The van der Waals surface area contributed by atoms with Crippen LogP contribution in [0.4, 0.5) is 0 Å². The molecular weight excluding hydrogens is 348 g/mol. The van der Waals surface area contributed by atoms with E-state index in [1.165, 1.54) is 11.1 Å². The standard InChI is InChI=1S/C25H32O3/c1-6-27-23(26)22(28-17-18-10-8-7-9-11-18)19-12-13-20-21(16-19)25(4,5)15-14-24(20,2)3/h7-13,16,22H,6,14-15,17H2,1-5H3. The van der Waals surface area contributed by atoms with Gasteiger partial charge in [-0.2, -0.15) is 0 Å². The molecule has 3 rings (SSSR count). The van der Waals surface area contributed by atoms with Crippen molar-refractivity contribution in [1.29, 1.82) is 0 Å². The van der Waals surface area contributed by atoms with Crippen molar-refractivity contribution in [2.24, 2.45) is 0 Å². The van der Waals surface area contributed by atoms with Crippen LogP contribution in [0.3, 0.4) is 0 Å². The molecule has 0 N–H and O–H groups in total. The predicted molar refractivity (Wildman–Crippen MR) is 112 cm³/mol. The zero-order valence-electron chi connectivity index (χ0n) is 17.7. The van der Waals surface area contributed by atoms with Crippen molar-refractivity contribution in [3.63, 3.8) is 0 Å². The van der Waals surface area contributed by atoms with Crippen LogP contribution in [0, 0.1) is 0 Å². The normalized spacial score (nSPS) is 18.2. The average molecular weight is 381 g/mol. The molecule has 0 aromatic heterocycles. The first-order valence-corrected chi connectivity index (χ1v) is 10.2. The summed E-state index contributed by atoms with van der Waals surface area (Å²) in [6.45, 7) is 11.7. The van der Waals surface area contributed by atoms with Crippen molar-refractivity contribution in [3.05, 3.63) is 70.8 Å². The van der Waals surface area contributed by atoms with Gasteiger partial charge in [-0.15, -0.1) is 0 Å². The Labute approximate surface area is 169 Å². The van der Waals surface area contributed by atoms with Gasteiger partial charge in [-0.05, 0) is 52.8 Å². The van der Waals surface area contributed by atoms with Gasteiger partial charge in [0.15, 0.2) is 6.10 Å². The van der Waals surface area contributed by atoms with Gasteiger partial charge in [-0.1, -0.05) is 76.2 Å². The molecule has 2 aromatic carbocycles. The summed E-state index contributed by atoms with van der Waals surface area (Å²) in [5.41, 5.74) is 4.83. The molecule has 1 aliphatic carbocycles. The molecule has 2 aromatic rings. The summed E-state index contributed by atoms with van der Waals surface area (Å²) < 4.78 is 11.4. The first kappa shape index (κ1) is 20.6. The number of hydrogen-bond acceptors (Lipinski definition) is 3. The van der Waals surface area contributed by atoms with Crippen LogP contribution in [0.25, 0.3) is 0 Å². The highest BCUT2D eigenvalue weighted by Gasteiger charge is 2.38. The highest BCUT2D eigenvalue weighted by Crippen LogP contribution is 2.46. The summed E-state index contributed by atoms with van der Waals surface area (Å²) in [6.07, 6.45) is 1.58. The Morgan fingerprint density at radius 2 is 1.61 bits per heavy atom. The van der Waals surface area contributed by atoms with Crippen molar-refractivity contribution < 1.29 is 14.3 Å². The number of hydrogen-bond donors (Lipinski definition) is 0. The molecule has 0 aliphatic heterocycles. The molecule has 1 aliphatic rings. The number of carbonyl (C=O) groups is 1. The largest absolute Gasteiger partial charge is 0.464 e. The molecule has 0 spiro atoms. The lowest BCUT2D eigenvalue weighted by molar-refractivity contribution is -0.158. The molecule has 0 fully saturated rings. The number of benzene rings is 2. The Bertz CT molecular complexity index is 821. The van der Waals surface area contributed by atoms with E-state index < -0.39 is 6.10 Å². The van der Waals surface area contributed by atoms with Gasteiger partial charge in [0, 0.05) is 0 Å². The van der Waals surface area contributed by atoms with Gasteiger partial charge in [0.05, 0.1) is 13.2 Å². The number of ether oxygens (including phenoxy) is 2. The van der Waals surface area contributed by atoms with Crippen molar-refractivity contribution in [3.8, 4) is 0 Å². The summed E-state index contributed by atoms with van der Waals surface area (Å²) in [5, 5.41) is 0. The van der Waals surface area contributed by atoms with Crippen LogP contribution in [0.1, 0.15) is 75.8 Å². The fraction of sp³-hybridized carbons (Fsp3) is 0.480. The molecule has 1 unspecified atom stereocenters. The lowest BCUT2D eigenvalue weighted by Gasteiger charge is -2.42. The first-order valence-electron chi connectivity index (χ1n) is 10.2. The fourth-order valence-electron chi connectivity index (χ4n) is 4.04. The van der Waals surface area contributed by atoms with Gasteiger partial charge in [-0.25, -0.2) is 4.79 Å². The van der Waals surface area contributed by atoms with E-state index in [2.05, 4.69) is 39.8 Å². The Morgan fingerprint density at radius 1 is 0.964 bits per heavy atom. The van der Waals surface area contributed by atoms with Crippen molar-refractivity contribution in [2.75, 3.05) is 6.61 Å². The number of carbonyl (C=O) groups excluding carboxylic acids is 1. The van der Waals surface area contributed by atoms with Crippen LogP contribution in [0.15, 0.2) is 48.5 Å². The predicted octanol–water partition coefficient (Wildman–Crippen LogP) is 5.86. The van der Waals surface area contributed by atoms with E-state index in [-0.39, 0.29) is 16.8 Å². The molecule has 0 saturated heterocycles. The van der Waals surface area contributed by atoms with Crippen molar-refractivity contribution >= 4 is 5.97 Å². The lowest BCUT2D eigenvalue weighted by atomic mass is 9.63. The van der Waals surface area contributed by atoms with Crippen LogP contribution >= 0.6 is 0 Å². The van der Waals surface area contributed by atoms with Gasteiger partial charge in [0.25, 0.3) is 0 Å². The minimum Gasteiger partial charge on any atom is -0.464 e. The van der Waals surface area contributed by atoms with Gasteiger partial charge < -0.3 is 9.47 Å². The van der Waals surface area contributed by atoms with Crippen LogP contribution < -0.4 is 0 Å². The summed E-state index contributed by atoms with van der Waals surface area (Å²) in [6, 6.07) is 16.3. The fourth-order valence-corrected chi connectivity index (χ4v) is 4.04. The molecule has 150 valence electrons. The third-order valence-electron chi connectivity index (χ3n) is 5.94. The summed E-state index contributed by atoms with van der Waals surface area (Å²) in [5.74, 6) is -0.328. The van der Waals surface area contributed by atoms with Gasteiger partial charge >= 0.3 is 5.97 Å². The van der Waals surface area contributed by atoms with Crippen LogP contribution in [0.2, 0.25) is 0 Å². The van der Waals surface area contributed by atoms with Gasteiger partial charge in [0.1, 0.15) is 0 Å². The van der Waals surface area contributed by atoms with E-state index in [4.69, 9.17) is 9.47 Å². The molecule has 0 amide bonds. The van der Waals surface area contributed by atoms with E-state index in [0.717, 1.165) is 24.0 Å². The second kappa shape index (κ2) is 8.08. The van der Waals surface area contributed by atoms with E-state index in [1.807, 2.05) is 43.3 Å². The quantitative estimate of drug-likeness (QED) is 0.589. The maximum absolute atomic E-state index is 12.7. The molecule has 1 atom stereocenters. The SMILES string of the molecule is CCOC(=O)C(OCc1ccccc1)c1ccc2c(c1)C(C)(C)CCC2(C)C. The highest BCUT2D eigenvalue weighted by molar-refractivity contribution is 5.76. The second-order valence-corrected chi connectivity index (χ2v) is 9.00. The maximum Gasteiger partial charge on any atom is 0.339 e. The maximum atomic E-state index is 12.7. The topological polar surface area (TPSA) is 35.5 Å². The van der Waals surface area contributed by atoms with Crippen LogP contribution in [-0.2, 0) is 31.7 Å². The molecular formula is C25H32O3. The Kier molecular flexibility index (Phi) is 5.95. The molecule has 28 heavy (non-hydrogen) atoms. The number of esters is 1. The van der Waals surface area contributed by atoms with Crippen LogP contribution in [0.5, 0.6) is 0 Å². The van der Waals surface area contributed by atoms with Crippen molar-refractivity contribution in [2.45, 2.75) is 71.0 Å². The molecule has 3 heteroatoms.